The highest BCUT2D eigenvalue weighted by Crippen LogP contribution is 2.28. The van der Waals surface area contributed by atoms with Gasteiger partial charge in [-0.05, 0) is 37.6 Å². The van der Waals surface area contributed by atoms with Gasteiger partial charge in [-0.1, -0.05) is 25.1 Å². The molecule has 1 aromatic heterocycles. The van der Waals surface area contributed by atoms with Gasteiger partial charge in [-0.2, -0.15) is 0 Å². The molecule has 0 amide bonds. The largest absolute Gasteiger partial charge is 0.507 e. The number of anilines is 1. The van der Waals surface area contributed by atoms with Gasteiger partial charge in [-0.15, -0.1) is 0 Å². The van der Waals surface area contributed by atoms with Crippen LogP contribution >= 0.6 is 0 Å². The van der Waals surface area contributed by atoms with E-state index in [4.69, 9.17) is 4.42 Å². The zero-order valence-corrected chi connectivity index (χ0v) is 13.2. The molecule has 4 heteroatoms. The molecular weight excluding hydrogens is 290 g/mol. The van der Waals surface area contributed by atoms with Gasteiger partial charge in [0, 0.05) is 17.8 Å². The summed E-state index contributed by atoms with van der Waals surface area (Å²) in [6, 6.07) is 12.9. The Morgan fingerprint density at radius 2 is 1.83 bits per heavy atom. The Labute approximate surface area is 134 Å². The van der Waals surface area contributed by atoms with Crippen LogP contribution in [0.5, 0.6) is 5.75 Å². The van der Waals surface area contributed by atoms with E-state index in [1.807, 2.05) is 37.3 Å². The number of nitrogens with one attached hydrogen (secondary N) is 1. The zero-order chi connectivity index (χ0) is 16.4. The molecule has 4 nitrogen and oxygen atoms in total. The van der Waals surface area contributed by atoms with Crippen LogP contribution in [0.15, 0.2) is 51.7 Å². The SMILES string of the molecule is CCc1c(C)oc2c(CNc3ccccc3)c(O)ccc2c1=O. The predicted octanol–water partition coefficient (Wildman–Crippen LogP) is 3.98. The highest BCUT2D eigenvalue weighted by atomic mass is 16.3. The van der Waals surface area contributed by atoms with Gasteiger partial charge in [0.15, 0.2) is 5.43 Å². The maximum atomic E-state index is 12.6. The Morgan fingerprint density at radius 3 is 2.52 bits per heavy atom. The molecular formula is C19H19NO3. The van der Waals surface area contributed by atoms with Crippen molar-refractivity contribution in [3.63, 3.8) is 0 Å². The molecule has 0 fully saturated rings. The van der Waals surface area contributed by atoms with Crippen molar-refractivity contribution in [1.82, 2.24) is 0 Å². The second-order valence-corrected chi connectivity index (χ2v) is 5.48. The Balaban J connectivity index is 2.09. The fraction of sp³-hybridized carbons (Fsp3) is 0.211. The lowest BCUT2D eigenvalue weighted by molar-refractivity contribution is 0.466. The van der Waals surface area contributed by atoms with Crippen LogP contribution in [0.2, 0.25) is 0 Å². The molecule has 2 aromatic carbocycles. The van der Waals surface area contributed by atoms with Crippen molar-refractivity contribution in [2.24, 2.45) is 0 Å². The smallest absolute Gasteiger partial charge is 0.196 e. The van der Waals surface area contributed by atoms with E-state index >= 15 is 0 Å². The number of para-hydroxylation sites is 1. The van der Waals surface area contributed by atoms with E-state index in [2.05, 4.69) is 5.32 Å². The third kappa shape index (κ3) is 2.80. The highest BCUT2D eigenvalue weighted by Gasteiger charge is 2.15. The van der Waals surface area contributed by atoms with Crippen molar-refractivity contribution in [2.75, 3.05) is 5.32 Å². The number of phenolic OH excluding ortho intramolecular Hbond substituents is 1. The summed E-state index contributed by atoms with van der Waals surface area (Å²) in [5.74, 6) is 0.726. The van der Waals surface area contributed by atoms with Crippen LogP contribution in [0.4, 0.5) is 5.69 Å². The highest BCUT2D eigenvalue weighted by molar-refractivity contribution is 5.83. The number of fused-ring (bicyclic) bond motifs is 1. The van der Waals surface area contributed by atoms with Crippen LogP contribution in [-0.2, 0) is 13.0 Å². The van der Waals surface area contributed by atoms with Crippen LogP contribution in [0.3, 0.4) is 0 Å². The van der Waals surface area contributed by atoms with Crippen LogP contribution in [-0.4, -0.2) is 5.11 Å². The van der Waals surface area contributed by atoms with Gasteiger partial charge in [0.2, 0.25) is 0 Å². The normalized spacial score (nSPS) is 10.9. The first-order valence-corrected chi connectivity index (χ1v) is 7.68. The molecule has 3 rings (SSSR count). The topological polar surface area (TPSA) is 62.5 Å². The molecule has 0 saturated heterocycles. The van der Waals surface area contributed by atoms with Gasteiger partial charge in [0.1, 0.15) is 17.1 Å². The van der Waals surface area contributed by atoms with Crippen molar-refractivity contribution < 1.29 is 9.52 Å². The minimum absolute atomic E-state index is 0.0211. The summed E-state index contributed by atoms with van der Waals surface area (Å²) in [5, 5.41) is 13.9. The van der Waals surface area contributed by atoms with Crippen molar-refractivity contribution in [3.8, 4) is 5.75 Å². The van der Waals surface area contributed by atoms with Crippen LogP contribution in [0.1, 0.15) is 23.8 Å². The average molecular weight is 309 g/mol. The number of aromatic hydroxyl groups is 1. The fourth-order valence-corrected chi connectivity index (χ4v) is 2.78. The Bertz CT molecular complexity index is 898. The number of benzene rings is 2. The van der Waals surface area contributed by atoms with Gasteiger partial charge in [0.05, 0.1) is 10.9 Å². The molecule has 1 heterocycles. The summed E-state index contributed by atoms with van der Waals surface area (Å²) in [4.78, 5) is 12.6. The van der Waals surface area contributed by atoms with Crippen molar-refractivity contribution in [3.05, 3.63) is 69.6 Å². The number of hydrogen-bond acceptors (Lipinski definition) is 4. The van der Waals surface area contributed by atoms with E-state index in [-0.39, 0.29) is 11.2 Å². The first-order chi connectivity index (χ1) is 11.1. The molecule has 0 spiro atoms. The maximum absolute atomic E-state index is 12.6. The molecule has 0 aliphatic heterocycles. The average Bonchev–Trinajstić information content (AvgIpc) is 2.55. The molecule has 0 radical (unpaired) electrons. The molecule has 23 heavy (non-hydrogen) atoms. The van der Waals surface area contributed by atoms with Crippen LogP contribution < -0.4 is 10.7 Å². The number of hydrogen-bond donors (Lipinski definition) is 2. The minimum atomic E-state index is -0.0211. The van der Waals surface area contributed by atoms with E-state index < -0.39 is 0 Å². The van der Waals surface area contributed by atoms with Crippen LogP contribution in [0, 0.1) is 6.92 Å². The molecule has 0 aliphatic rings. The molecule has 0 saturated carbocycles. The Hall–Kier alpha value is -2.75. The van der Waals surface area contributed by atoms with Gasteiger partial charge < -0.3 is 14.8 Å². The number of aryl methyl sites for hydroxylation is 1. The monoisotopic (exact) mass is 309 g/mol. The predicted molar refractivity (Wildman–Crippen MR) is 92.0 cm³/mol. The summed E-state index contributed by atoms with van der Waals surface area (Å²) in [6.07, 6.45) is 0.628. The lowest BCUT2D eigenvalue weighted by Crippen LogP contribution is -2.12. The summed E-state index contributed by atoms with van der Waals surface area (Å²) >= 11 is 0. The Kier molecular flexibility index (Phi) is 4.06. The van der Waals surface area contributed by atoms with E-state index in [0.29, 0.717) is 40.8 Å². The third-order valence-corrected chi connectivity index (χ3v) is 4.03. The third-order valence-electron chi connectivity index (χ3n) is 4.03. The molecule has 0 atom stereocenters. The number of phenols is 1. The van der Waals surface area contributed by atoms with E-state index in [9.17, 15) is 9.90 Å². The van der Waals surface area contributed by atoms with Crippen molar-refractivity contribution in [2.45, 2.75) is 26.8 Å². The van der Waals surface area contributed by atoms with E-state index in [0.717, 1.165) is 5.69 Å². The van der Waals surface area contributed by atoms with Gasteiger partial charge in [-0.25, -0.2) is 0 Å². The molecule has 3 aromatic rings. The maximum Gasteiger partial charge on any atom is 0.196 e. The summed E-state index contributed by atoms with van der Waals surface area (Å²) in [6.45, 7) is 4.10. The Morgan fingerprint density at radius 1 is 1.09 bits per heavy atom. The van der Waals surface area contributed by atoms with E-state index in [1.165, 1.54) is 0 Å². The molecule has 0 bridgehead atoms. The number of rotatable bonds is 4. The quantitative estimate of drug-likeness (QED) is 0.765. The molecule has 0 unspecified atom stereocenters. The molecule has 2 N–H and O–H groups in total. The zero-order valence-electron chi connectivity index (χ0n) is 13.2. The van der Waals surface area contributed by atoms with Crippen LogP contribution in [0.25, 0.3) is 11.0 Å². The first kappa shape index (κ1) is 15.2. The lowest BCUT2D eigenvalue weighted by Gasteiger charge is -2.12. The first-order valence-electron chi connectivity index (χ1n) is 7.68. The lowest BCUT2D eigenvalue weighted by atomic mass is 10.0. The summed E-state index contributed by atoms with van der Waals surface area (Å²) < 4.78 is 5.86. The summed E-state index contributed by atoms with van der Waals surface area (Å²) in [5.41, 5.74) is 2.65. The van der Waals surface area contributed by atoms with Crippen molar-refractivity contribution in [1.29, 1.82) is 0 Å². The summed E-state index contributed by atoms with van der Waals surface area (Å²) in [7, 11) is 0. The van der Waals surface area contributed by atoms with Crippen molar-refractivity contribution >= 4 is 16.7 Å². The fourth-order valence-electron chi connectivity index (χ4n) is 2.78. The molecule has 0 aliphatic carbocycles. The van der Waals surface area contributed by atoms with Gasteiger partial charge in [-0.3, -0.25) is 4.79 Å². The second kappa shape index (κ2) is 6.16. The van der Waals surface area contributed by atoms with Gasteiger partial charge >= 0.3 is 0 Å². The standard InChI is InChI=1S/C19H19NO3/c1-3-14-12(2)23-19-15(18(14)22)9-10-17(21)16(19)11-20-13-7-5-4-6-8-13/h4-10,20-21H,3,11H2,1-2H3. The minimum Gasteiger partial charge on any atom is -0.507 e. The van der Waals surface area contributed by atoms with E-state index in [1.54, 1.807) is 19.1 Å². The molecule has 118 valence electrons. The van der Waals surface area contributed by atoms with Gasteiger partial charge in [0.25, 0.3) is 0 Å². The second-order valence-electron chi connectivity index (χ2n) is 5.48.